The van der Waals surface area contributed by atoms with Gasteiger partial charge in [-0.25, -0.2) is 8.42 Å². The minimum Gasteiger partial charge on any atom is -0.493 e. The van der Waals surface area contributed by atoms with Gasteiger partial charge in [0.25, 0.3) is 5.91 Å². The zero-order valence-electron chi connectivity index (χ0n) is 16.4. The molecule has 1 amide bonds. The first kappa shape index (κ1) is 20.9. The minimum absolute atomic E-state index is 0.164. The highest BCUT2D eigenvalue weighted by Crippen LogP contribution is 2.28. The molecule has 3 rings (SSSR count). The Bertz CT molecular complexity index is 981. The molecular weight excluding hydrogens is 392 g/mol. The number of hydrogen-bond donors (Lipinski definition) is 0. The standard InChI is InChI=1S/C21H24N2O5S/c1-27-19-9-8-18(16-20(19)28-2)21(24)22-11-13-23(14-12-22)29(25,26)15-10-17-6-4-3-5-7-17/h3-10,15-16H,11-14H2,1-2H3/b15-10+. The van der Waals surface area contributed by atoms with Crippen molar-refractivity contribution >= 4 is 22.0 Å². The van der Waals surface area contributed by atoms with Crippen molar-refractivity contribution in [3.8, 4) is 11.5 Å². The molecule has 8 heteroatoms. The highest BCUT2D eigenvalue weighted by atomic mass is 32.2. The quantitative estimate of drug-likeness (QED) is 0.723. The second-order valence-electron chi connectivity index (χ2n) is 6.52. The maximum atomic E-state index is 12.8. The molecule has 1 aliphatic heterocycles. The molecule has 0 atom stereocenters. The lowest BCUT2D eigenvalue weighted by molar-refractivity contribution is 0.0698. The number of carbonyl (C=O) groups is 1. The maximum Gasteiger partial charge on any atom is 0.254 e. The summed E-state index contributed by atoms with van der Waals surface area (Å²) in [6.45, 7) is 1.15. The van der Waals surface area contributed by atoms with Crippen LogP contribution in [0.15, 0.2) is 53.9 Å². The number of piperazine rings is 1. The Balaban J connectivity index is 1.64. The number of carbonyl (C=O) groups excluding carboxylic acids is 1. The van der Waals surface area contributed by atoms with E-state index in [4.69, 9.17) is 9.47 Å². The molecule has 0 aromatic heterocycles. The van der Waals surface area contributed by atoms with Crippen LogP contribution >= 0.6 is 0 Å². The lowest BCUT2D eigenvalue weighted by Gasteiger charge is -2.33. The third kappa shape index (κ3) is 4.96. The van der Waals surface area contributed by atoms with E-state index in [1.807, 2.05) is 30.3 Å². The summed E-state index contributed by atoms with van der Waals surface area (Å²) in [5, 5.41) is 1.22. The predicted molar refractivity (Wildman–Crippen MR) is 111 cm³/mol. The number of nitrogens with zero attached hydrogens (tertiary/aromatic N) is 2. The second-order valence-corrected chi connectivity index (χ2v) is 8.34. The lowest BCUT2D eigenvalue weighted by Crippen LogP contribution is -2.50. The number of amides is 1. The van der Waals surface area contributed by atoms with Crippen molar-refractivity contribution in [1.82, 2.24) is 9.21 Å². The third-order valence-electron chi connectivity index (χ3n) is 4.75. The van der Waals surface area contributed by atoms with Crippen LogP contribution in [0.5, 0.6) is 11.5 Å². The smallest absolute Gasteiger partial charge is 0.254 e. The van der Waals surface area contributed by atoms with E-state index in [2.05, 4.69) is 0 Å². The topological polar surface area (TPSA) is 76.2 Å². The van der Waals surface area contributed by atoms with Gasteiger partial charge >= 0.3 is 0 Å². The van der Waals surface area contributed by atoms with Crippen LogP contribution in [0.1, 0.15) is 15.9 Å². The van der Waals surface area contributed by atoms with Gasteiger partial charge in [-0.1, -0.05) is 30.3 Å². The molecule has 1 saturated heterocycles. The van der Waals surface area contributed by atoms with Crippen LogP contribution in [0, 0.1) is 0 Å². The second kappa shape index (κ2) is 9.11. The van der Waals surface area contributed by atoms with Gasteiger partial charge < -0.3 is 14.4 Å². The maximum absolute atomic E-state index is 12.8. The minimum atomic E-state index is -3.54. The first-order valence-electron chi connectivity index (χ1n) is 9.19. The van der Waals surface area contributed by atoms with Crippen LogP contribution in [0.3, 0.4) is 0 Å². The van der Waals surface area contributed by atoms with Crippen LogP contribution in [0.2, 0.25) is 0 Å². The van der Waals surface area contributed by atoms with Gasteiger partial charge in [0.05, 0.1) is 14.2 Å². The normalized spacial score (nSPS) is 15.4. The Morgan fingerprint density at radius 3 is 2.21 bits per heavy atom. The SMILES string of the molecule is COc1ccc(C(=O)N2CCN(S(=O)(=O)/C=C/c3ccccc3)CC2)cc1OC. The van der Waals surface area contributed by atoms with Crippen molar-refractivity contribution < 1.29 is 22.7 Å². The van der Waals surface area contributed by atoms with Crippen LogP contribution in [-0.2, 0) is 10.0 Å². The van der Waals surface area contributed by atoms with Crippen LogP contribution < -0.4 is 9.47 Å². The molecule has 0 bridgehead atoms. The van der Waals surface area contributed by atoms with Crippen LogP contribution in [0.4, 0.5) is 0 Å². The molecule has 2 aromatic rings. The summed E-state index contributed by atoms with van der Waals surface area (Å²) in [6.07, 6.45) is 1.58. The van der Waals surface area contributed by atoms with Gasteiger partial charge in [0.2, 0.25) is 10.0 Å². The number of ether oxygens (including phenoxy) is 2. The van der Waals surface area contributed by atoms with E-state index in [0.29, 0.717) is 30.2 Å². The summed E-state index contributed by atoms with van der Waals surface area (Å²) >= 11 is 0. The van der Waals surface area contributed by atoms with Crippen molar-refractivity contribution in [1.29, 1.82) is 0 Å². The number of rotatable bonds is 6. The van der Waals surface area contributed by atoms with E-state index in [0.717, 1.165) is 5.56 Å². The van der Waals surface area contributed by atoms with Crippen molar-refractivity contribution in [2.75, 3.05) is 40.4 Å². The van der Waals surface area contributed by atoms with Gasteiger partial charge in [0, 0.05) is 37.2 Å². The van der Waals surface area contributed by atoms with Gasteiger partial charge in [0.15, 0.2) is 11.5 Å². The zero-order chi connectivity index (χ0) is 20.9. The highest BCUT2D eigenvalue weighted by molar-refractivity contribution is 7.92. The first-order chi connectivity index (χ1) is 13.9. The van der Waals surface area contributed by atoms with E-state index in [-0.39, 0.29) is 19.0 Å². The molecule has 29 heavy (non-hydrogen) atoms. The lowest BCUT2D eigenvalue weighted by atomic mass is 10.1. The van der Waals surface area contributed by atoms with Gasteiger partial charge in [-0.15, -0.1) is 0 Å². The Labute approximate surface area is 171 Å². The summed E-state index contributed by atoms with van der Waals surface area (Å²) in [5.41, 5.74) is 1.29. The first-order valence-corrected chi connectivity index (χ1v) is 10.7. The zero-order valence-corrected chi connectivity index (χ0v) is 17.3. The average Bonchev–Trinajstić information content (AvgIpc) is 2.77. The third-order valence-corrected chi connectivity index (χ3v) is 6.31. The molecule has 0 saturated carbocycles. The predicted octanol–water partition coefficient (Wildman–Crippen LogP) is 2.46. The molecule has 1 fully saturated rings. The number of sulfonamides is 1. The molecular formula is C21H24N2O5S. The molecule has 0 N–H and O–H groups in total. The van der Waals surface area contributed by atoms with Crippen molar-refractivity contribution in [2.45, 2.75) is 0 Å². The molecule has 7 nitrogen and oxygen atoms in total. The summed E-state index contributed by atoms with van der Waals surface area (Å²) in [4.78, 5) is 14.4. The molecule has 1 aliphatic rings. The fraction of sp³-hybridized carbons (Fsp3) is 0.286. The summed E-state index contributed by atoms with van der Waals surface area (Å²) < 4.78 is 37.0. The fourth-order valence-corrected chi connectivity index (χ4v) is 4.29. The number of hydrogen-bond acceptors (Lipinski definition) is 5. The van der Waals surface area contributed by atoms with Gasteiger partial charge in [-0.05, 0) is 29.8 Å². The van der Waals surface area contributed by atoms with Gasteiger partial charge in [0.1, 0.15) is 0 Å². The van der Waals surface area contributed by atoms with E-state index >= 15 is 0 Å². The van der Waals surface area contributed by atoms with Crippen molar-refractivity contribution in [3.63, 3.8) is 0 Å². The molecule has 0 unspecified atom stereocenters. The fourth-order valence-electron chi connectivity index (χ4n) is 3.11. The molecule has 0 radical (unpaired) electrons. The summed E-state index contributed by atoms with van der Waals surface area (Å²) in [7, 11) is -0.491. The van der Waals surface area contributed by atoms with E-state index in [9.17, 15) is 13.2 Å². The Kier molecular flexibility index (Phi) is 6.56. The van der Waals surface area contributed by atoms with Gasteiger partial charge in [-0.3, -0.25) is 4.79 Å². The van der Waals surface area contributed by atoms with E-state index in [1.54, 1.807) is 29.2 Å². The Morgan fingerprint density at radius 2 is 1.59 bits per heavy atom. The highest BCUT2D eigenvalue weighted by Gasteiger charge is 2.28. The Morgan fingerprint density at radius 1 is 0.931 bits per heavy atom. The summed E-state index contributed by atoms with van der Waals surface area (Å²) in [5.74, 6) is 0.860. The molecule has 0 aliphatic carbocycles. The van der Waals surface area contributed by atoms with Crippen molar-refractivity contribution in [3.05, 3.63) is 65.1 Å². The Hall–Kier alpha value is -2.84. The van der Waals surface area contributed by atoms with E-state index < -0.39 is 10.0 Å². The van der Waals surface area contributed by atoms with Crippen molar-refractivity contribution in [2.24, 2.45) is 0 Å². The largest absolute Gasteiger partial charge is 0.493 e. The molecule has 1 heterocycles. The molecule has 0 spiro atoms. The average molecular weight is 416 g/mol. The molecule has 2 aromatic carbocycles. The number of methoxy groups -OCH3 is 2. The summed E-state index contributed by atoms with van der Waals surface area (Å²) in [6, 6.07) is 14.2. The van der Waals surface area contributed by atoms with Crippen LogP contribution in [0.25, 0.3) is 6.08 Å². The van der Waals surface area contributed by atoms with E-state index in [1.165, 1.54) is 23.9 Å². The van der Waals surface area contributed by atoms with Gasteiger partial charge in [-0.2, -0.15) is 4.31 Å². The number of benzene rings is 2. The molecule has 154 valence electrons. The monoisotopic (exact) mass is 416 g/mol. The van der Waals surface area contributed by atoms with Crippen LogP contribution in [-0.4, -0.2) is 63.9 Å².